The first-order valence-electron chi connectivity index (χ1n) is 9.12. The lowest BCUT2D eigenvalue weighted by molar-refractivity contribution is 0.0531. The fraction of sp³-hybridized carbons (Fsp3) is 0.450. The number of anilines is 2. The van der Waals surface area contributed by atoms with Crippen molar-refractivity contribution in [3.63, 3.8) is 0 Å². The second-order valence-corrected chi connectivity index (χ2v) is 7.30. The van der Waals surface area contributed by atoms with Crippen LogP contribution >= 0.6 is 11.3 Å². The van der Waals surface area contributed by atoms with Crippen LogP contribution in [0, 0.1) is 6.92 Å². The van der Waals surface area contributed by atoms with E-state index in [1.54, 1.807) is 20.9 Å². The van der Waals surface area contributed by atoms with Crippen molar-refractivity contribution in [3.05, 3.63) is 40.4 Å². The van der Waals surface area contributed by atoms with Crippen LogP contribution in [-0.2, 0) is 4.74 Å². The number of carbonyl (C=O) groups is 2. The number of hydrogen-bond acceptors (Lipinski definition) is 6. The van der Waals surface area contributed by atoms with Crippen molar-refractivity contribution in [2.75, 3.05) is 37.0 Å². The Labute approximate surface area is 164 Å². The molecule has 7 heteroatoms. The number of benzene rings is 1. The lowest BCUT2D eigenvalue weighted by Crippen LogP contribution is -2.26. The van der Waals surface area contributed by atoms with Crippen LogP contribution in [0.2, 0.25) is 0 Å². The molecule has 0 saturated carbocycles. The molecule has 0 N–H and O–H groups in total. The van der Waals surface area contributed by atoms with Gasteiger partial charge >= 0.3 is 5.97 Å². The van der Waals surface area contributed by atoms with E-state index in [1.807, 2.05) is 31.3 Å². The highest BCUT2D eigenvalue weighted by atomic mass is 32.1. The van der Waals surface area contributed by atoms with E-state index in [4.69, 9.17) is 4.74 Å². The van der Waals surface area contributed by atoms with Crippen molar-refractivity contribution in [3.8, 4) is 0 Å². The van der Waals surface area contributed by atoms with E-state index in [2.05, 4.69) is 16.8 Å². The van der Waals surface area contributed by atoms with Crippen molar-refractivity contribution in [1.29, 1.82) is 0 Å². The van der Waals surface area contributed by atoms with Crippen molar-refractivity contribution in [2.45, 2.75) is 33.6 Å². The van der Waals surface area contributed by atoms with Crippen LogP contribution in [0.25, 0.3) is 0 Å². The molecular weight excluding hydrogens is 362 g/mol. The summed E-state index contributed by atoms with van der Waals surface area (Å²) in [5, 5.41) is 0.477. The second-order valence-electron chi connectivity index (χ2n) is 6.32. The van der Waals surface area contributed by atoms with E-state index in [9.17, 15) is 9.59 Å². The average molecular weight is 390 g/mol. The van der Waals surface area contributed by atoms with Crippen molar-refractivity contribution >= 4 is 34.0 Å². The SMILES string of the molecule is CCCCN(C)c1ccc(C(=O)N(C)c2nc(C)c(C(=O)OCC)s2)cc1. The van der Waals surface area contributed by atoms with Crippen LogP contribution in [0.4, 0.5) is 10.8 Å². The molecule has 0 spiro atoms. The Bertz CT molecular complexity index is 786. The molecule has 0 saturated heterocycles. The largest absolute Gasteiger partial charge is 0.462 e. The Balaban J connectivity index is 2.13. The summed E-state index contributed by atoms with van der Waals surface area (Å²) < 4.78 is 5.03. The van der Waals surface area contributed by atoms with Crippen LogP contribution in [0.15, 0.2) is 24.3 Å². The molecular formula is C20H27N3O3S. The molecule has 0 bridgehead atoms. The lowest BCUT2D eigenvalue weighted by Gasteiger charge is -2.19. The topological polar surface area (TPSA) is 62.7 Å². The van der Waals surface area contributed by atoms with E-state index >= 15 is 0 Å². The van der Waals surface area contributed by atoms with E-state index in [0.717, 1.165) is 25.1 Å². The Morgan fingerprint density at radius 2 is 1.81 bits per heavy atom. The molecule has 27 heavy (non-hydrogen) atoms. The van der Waals surface area contributed by atoms with Crippen LogP contribution in [-0.4, -0.2) is 44.1 Å². The number of aromatic nitrogens is 1. The molecule has 1 amide bonds. The molecule has 0 radical (unpaired) electrons. The Hall–Kier alpha value is -2.41. The van der Waals surface area contributed by atoms with Crippen LogP contribution in [0.5, 0.6) is 0 Å². The second kappa shape index (κ2) is 9.50. The van der Waals surface area contributed by atoms with Gasteiger partial charge in [0.05, 0.1) is 12.3 Å². The highest BCUT2D eigenvalue weighted by Crippen LogP contribution is 2.27. The standard InChI is InChI=1S/C20H27N3O3S/c1-6-8-13-22(4)16-11-9-15(10-12-16)18(24)23(5)20-21-14(3)17(27-20)19(25)26-7-2/h9-12H,6-8,13H2,1-5H3. The molecule has 1 aromatic heterocycles. The summed E-state index contributed by atoms with van der Waals surface area (Å²) in [6.45, 7) is 6.96. The van der Waals surface area contributed by atoms with Gasteiger partial charge in [0.25, 0.3) is 5.91 Å². The smallest absolute Gasteiger partial charge is 0.350 e. The Kier molecular flexibility index (Phi) is 7.36. The molecule has 0 aliphatic rings. The van der Waals surface area contributed by atoms with Gasteiger partial charge in [-0.3, -0.25) is 9.69 Å². The molecule has 1 heterocycles. The lowest BCUT2D eigenvalue weighted by atomic mass is 10.1. The summed E-state index contributed by atoms with van der Waals surface area (Å²) >= 11 is 1.17. The first-order valence-corrected chi connectivity index (χ1v) is 9.94. The van der Waals surface area contributed by atoms with Crippen LogP contribution in [0.3, 0.4) is 0 Å². The van der Waals surface area contributed by atoms with Gasteiger partial charge < -0.3 is 9.64 Å². The molecule has 0 unspecified atom stereocenters. The molecule has 146 valence electrons. The Morgan fingerprint density at radius 1 is 1.15 bits per heavy atom. The molecule has 1 aromatic carbocycles. The highest BCUT2D eigenvalue weighted by molar-refractivity contribution is 7.17. The molecule has 0 atom stereocenters. The average Bonchev–Trinajstić information content (AvgIpc) is 3.07. The van der Waals surface area contributed by atoms with Gasteiger partial charge in [-0.15, -0.1) is 0 Å². The van der Waals surface area contributed by atoms with Crippen LogP contribution in [0.1, 0.15) is 52.4 Å². The molecule has 0 fully saturated rings. The van der Waals surface area contributed by atoms with Gasteiger partial charge in [0.1, 0.15) is 4.88 Å². The number of amides is 1. The van der Waals surface area contributed by atoms with Crippen molar-refractivity contribution in [1.82, 2.24) is 4.98 Å². The number of thiazole rings is 1. The van der Waals surface area contributed by atoms with Gasteiger partial charge in [0.15, 0.2) is 5.13 Å². The maximum Gasteiger partial charge on any atom is 0.350 e. The van der Waals surface area contributed by atoms with E-state index in [0.29, 0.717) is 27.9 Å². The maximum atomic E-state index is 12.8. The third-order valence-corrected chi connectivity index (χ3v) is 5.45. The van der Waals surface area contributed by atoms with Crippen molar-refractivity contribution in [2.24, 2.45) is 0 Å². The van der Waals surface area contributed by atoms with E-state index in [1.165, 1.54) is 16.2 Å². The summed E-state index contributed by atoms with van der Waals surface area (Å²) in [7, 11) is 3.71. The third kappa shape index (κ3) is 5.07. The third-order valence-electron chi connectivity index (χ3n) is 4.24. The molecule has 0 aliphatic heterocycles. The molecule has 2 rings (SSSR count). The molecule has 2 aromatic rings. The summed E-state index contributed by atoms with van der Waals surface area (Å²) in [5.74, 6) is -0.569. The number of rotatable bonds is 8. The highest BCUT2D eigenvalue weighted by Gasteiger charge is 2.22. The minimum atomic E-state index is -0.404. The number of ether oxygens (including phenoxy) is 1. The minimum Gasteiger partial charge on any atom is -0.462 e. The van der Waals surface area contributed by atoms with Gasteiger partial charge in [-0.2, -0.15) is 0 Å². The Morgan fingerprint density at radius 3 is 2.41 bits per heavy atom. The normalized spacial score (nSPS) is 10.6. The fourth-order valence-corrected chi connectivity index (χ4v) is 3.50. The zero-order valence-electron chi connectivity index (χ0n) is 16.6. The zero-order chi connectivity index (χ0) is 20.0. The first kappa shape index (κ1) is 20.9. The fourth-order valence-electron chi connectivity index (χ4n) is 2.58. The number of carbonyl (C=O) groups excluding carboxylic acids is 2. The van der Waals surface area contributed by atoms with Gasteiger partial charge in [-0.05, 0) is 44.5 Å². The number of esters is 1. The quantitative estimate of drug-likeness (QED) is 0.635. The van der Waals surface area contributed by atoms with Crippen molar-refractivity contribution < 1.29 is 14.3 Å². The first-order chi connectivity index (χ1) is 12.9. The predicted molar refractivity (Wildman–Crippen MR) is 110 cm³/mol. The van der Waals surface area contributed by atoms with Gasteiger partial charge in [-0.1, -0.05) is 24.7 Å². The van der Waals surface area contributed by atoms with Gasteiger partial charge in [0, 0.05) is 31.9 Å². The predicted octanol–water partition coefficient (Wildman–Crippen LogP) is 4.14. The zero-order valence-corrected chi connectivity index (χ0v) is 17.4. The van der Waals surface area contributed by atoms with E-state index < -0.39 is 5.97 Å². The summed E-state index contributed by atoms with van der Waals surface area (Å²) in [4.78, 5) is 33.2. The molecule has 0 aliphatic carbocycles. The number of unbranched alkanes of at least 4 members (excludes halogenated alkanes) is 1. The van der Waals surface area contributed by atoms with Gasteiger partial charge in [-0.25, -0.2) is 9.78 Å². The number of hydrogen-bond donors (Lipinski definition) is 0. The number of aryl methyl sites for hydroxylation is 1. The summed E-state index contributed by atoms with van der Waals surface area (Å²) in [6.07, 6.45) is 2.28. The van der Waals surface area contributed by atoms with Crippen LogP contribution < -0.4 is 9.80 Å². The minimum absolute atomic E-state index is 0.165. The number of nitrogens with zero attached hydrogens (tertiary/aromatic N) is 3. The van der Waals surface area contributed by atoms with Gasteiger partial charge in [0.2, 0.25) is 0 Å². The maximum absolute atomic E-state index is 12.8. The van der Waals surface area contributed by atoms with E-state index in [-0.39, 0.29) is 5.91 Å². The molecule has 6 nitrogen and oxygen atoms in total. The monoisotopic (exact) mass is 389 g/mol. The summed E-state index contributed by atoms with van der Waals surface area (Å²) in [6, 6.07) is 7.55. The summed E-state index contributed by atoms with van der Waals surface area (Å²) in [5.41, 5.74) is 2.23.